The fourth-order valence-electron chi connectivity index (χ4n) is 1.60. The fourth-order valence-corrected chi connectivity index (χ4v) is 3.64. The summed E-state index contributed by atoms with van der Waals surface area (Å²) in [6, 6.07) is 9.38. The topological polar surface area (TPSA) is 83.5 Å². The molecule has 0 saturated heterocycles. The van der Waals surface area contributed by atoms with Gasteiger partial charge in [0.15, 0.2) is 0 Å². The Bertz CT molecular complexity index is 717. The predicted octanol–water partition coefficient (Wildman–Crippen LogP) is 2.81. The molecule has 1 heterocycles. The van der Waals surface area contributed by atoms with E-state index in [1.807, 2.05) is 6.92 Å². The normalized spacial score (nSPS) is 11.2. The Kier molecular flexibility index (Phi) is 4.10. The van der Waals surface area contributed by atoms with Gasteiger partial charge in [0.2, 0.25) is 0 Å². The molecule has 0 unspecified atom stereocenters. The van der Waals surface area contributed by atoms with Crippen LogP contribution in [0.15, 0.2) is 41.3 Å². The molecule has 0 aliphatic heterocycles. The summed E-state index contributed by atoms with van der Waals surface area (Å²) >= 11 is 0.880. The van der Waals surface area contributed by atoms with Gasteiger partial charge in [-0.2, -0.15) is 0 Å². The summed E-state index contributed by atoms with van der Waals surface area (Å²) in [5.74, 6) is -1.08. The molecule has 0 amide bonds. The number of hydrogen-bond donors (Lipinski definition) is 2. The Morgan fingerprint density at radius 2 is 1.85 bits per heavy atom. The largest absolute Gasteiger partial charge is 0.477 e. The van der Waals surface area contributed by atoms with Gasteiger partial charge in [-0.1, -0.05) is 19.1 Å². The Hall–Kier alpha value is -1.86. The van der Waals surface area contributed by atoms with E-state index < -0.39 is 16.0 Å². The van der Waals surface area contributed by atoms with Crippen molar-refractivity contribution in [2.24, 2.45) is 0 Å². The second-order valence-corrected chi connectivity index (χ2v) is 6.84. The molecule has 0 spiro atoms. The van der Waals surface area contributed by atoms with Crippen molar-refractivity contribution in [3.8, 4) is 0 Å². The lowest BCUT2D eigenvalue weighted by atomic mass is 10.2. The van der Waals surface area contributed by atoms with Crippen molar-refractivity contribution >= 4 is 32.3 Å². The van der Waals surface area contributed by atoms with Crippen molar-refractivity contribution in [2.45, 2.75) is 18.2 Å². The third kappa shape index (κ3) is 3.17. The molecule has 20 heavy (non-hydrogen) atoms. The molecule has 2 N–H and O–H groups in total. The van der Waals surface area contributed by atoms with Crippen LogP contribution in [0.2, 0.25) is 0 Å². The summed E-state index contributed by atoms with van der Waals surface area (Å²) in [6.45, 7) is 1.99. The lowest BCUT2D eigenvalue weighted by molar-refractivity contribution is 0.0702. The Labute approximate surface area is 120 Å². The maximum atomic E-state index is 12.1. The zero-order chi connectivity index (χ0) is 14.8. The van der Waals surface area contributed by atoms with Gasteiger partial charge < -0.3 is 5.11 Å². The van der Waals surface area contributed by atoms with Crippen LogP contribution in [0.5, 0.6) is 0 Å². The third-order valence-corrected chi connectivity index (χ3v) is 5.19. The molecule has 0 aliphatic carbocycles. The summed E-state index contributed by atoms with van der Waals surface area (Å²) in [6.07, 6.45) is 0.834. The molecule has 0 fully saturated rings. The SMILES string of the molecule is CCc1ccc(S(=O)(=O)Nc2ccc(C(=O)O)s2)cc1. The van der Waals surface area contributed by atoms with E-state index in [0.717, 1.165) is 23.3 Å². The Balaban J connectivity index is 2.23. The zero-order valence-corrected chi connectivity index (χ0v) is 12.3. The molecule has 0 aliphatic rings. The zero-order valence-electron chi connectivity index (χ0n) is 10.7. The maximum absolute atomic E-state index is 12.1. The number of benzene rings is 1. The van der Waals surface area contributed by atoms with Crippen LogP contribution in [0.4, 0.5) is 5.00 Å². The summed E-state index contributed by atoms with van der Waals surface area (Å²) < 4.78 is 26.6. The molecule has 2 aromatic rings. The number of anilines is 1. The lowest BCUT2D eigenvalue weighted by Gasteiger charge is -2.06. The lowest BCUT2D eigenvalue weighted by Crippen LogP contribution is -2.11. The first kappa shape index (κ1) is 14.5. The van der Waals surface area contributed by atoms with Crippen molar-refractivity contribution in [1.82, 2.24) is 0 Å². The van der Waals surface area contributed by atoms with Crippen LogP contribution in [-0.2, 0) is 16.4 Å². The average molecular weight is 311 g/mol. The van der Waals surface area contributed by atoms with Gasteiger partial charge in [-0.25, -0.2) is 13.2 Å². The van der Waals surface area contributed by atoms with Crippen LogP contribution in [0.25, 0.3) is 0 Å². The van der Waals surface area contributed by atoms with E-state index in [2.05, 4.69) is 4.72 Å². The molecule has 5 nitrogen and oxygen atoms in total. The van der Waals surface area contributed by atoms with Gasteiger partial charge in [-0.05, 0) is 36.2 Å². The molecular formula is C13H13NO4S2. The molecule has 2 rings (SSSR count). The Morgan fingerprint density at radius 1 is 1.20 bits per heavy atom. The van der Waals surface area contributed by atoms with Gasteiger partial charge in [-0.15, -0.1) is 11.3 Å². The number of carbonyl (C=O) groups is 1. The van der Waals surface area contributed by atoms with Crippen molar-refractivity contribution < 1.29 is 18.3 Å². The molecule has 0 atom stereocenters. The fraction of sp³-hybridized carbons (Fsp3) is 0.154. The average Bonchev–Trinajstić information content (AvgIpc) is 2.87. The highest BCUT2D eigenvalue weighted by molar-refractivity contribution is 7.93. The van der Waals surface area contributed by atoms with Gasteiger partial charge in [0.1, 0.15) is 9.88 Å². The minimum Gasteiger partial charge on any atom is -0.477 e. The first-order chi connectivity index (χ1) is 9.42. The van der Waals surface area contributed by atoms with Crippen molar-refractivity contribution in [2.75, 3.05) is 4.72 Å². The summed E-state index contributed by atoms with van der Waals surface area (Å²) in [7, 11) is -3.68. The third-order valence-electron chi connectivity index (χ3n) is 2.69. The minimum absolute atomic E-state index is 0.0871. The van der Waals surface area contributed by atoms with E-state index in [4.69, 9.17) is 5.11 Å². The van der Waals surface area contributed by atoms with E-state index >= 15 is 0 Å². The number of aryl methyl sites for hydroxylation is 1. The van der Waals surface area contributed by atoms with Crippen molar-refractivity contribution in [1.29, 1.82) is 0 Å². The molecule has 0 radical (unpaired) electrons. The smallest absolute Gasteiger partial charge is 0.345 e. The van der Waals surface area contributed by atoms with Crippen LogP contribution < -0.4 is 4.72 Å². The molecule has 0 bridgehead atoms. The number of rotatable bonds is 5. The predicted molar refractivity (Wildman–Crippen MR) is 77.9 cm³/mol. The maximum Gasteiger partial charge on any atom is 0.345 e. The highest BCUT2D eigenvalue weighted by atomic mass is 32.2. The van der Waals surface area contributed by atoms with Crippen molar-refractivity contribution in [3.05, 3.63) is 46.8 Å². The number of carboxylic acids is 1. The van der Waals surface area contributed by atoms with E-state index in [1.54, 1.807) is 12.1 Å². The van der Waals surface area contributed by atoms with Gasteiger partial charge in [-0.3, -0.25) is 4.72 Å². The van der Waals surface area contributed by atoms with E-state index in [0.29, 0.717) is 0 Å². The number of aromatic carboxylic acids is 1. The second kappa shape index (κ2) is 5.64. The Morgan fingerprint density at radius 3 is 2.35 bits per heavy atom. The highest BCUT2D eigenvalue weighted by Gasteiger charge is 2.16. The highest BCUT2D eigenvalue weighted by Crippen LogP contribution is 2.25. The molecule has 106 valence electrons. The summed E-state index contributed by atoms with van der Waals surface area (Å²) in [4.78, 5) is 11.0. The quantitative estimate of drug-likeness (QED) is 0.889. The van der Waals surface area contributed by atoms with Gasteiger partial charge >= 0.3 is 5.97 Å². The molecular weight excluding hydrogens is 298 g/mol. The molecule has 7 heteroatoms. The van der Waals surface area contributed by atoms with E-state index in [1.165, 1.54) is 24.3 Å². The number of nitrogens with one attached hydrogen (secondary N) is 1. The van der Waals surface area contributed by atoms with Crippen LogP contribution in [0.1, 0.15) is 22.2 Å². The second-order valence-electron chi connectivity index (χ2n) is 4.07. The van der Waals surface area contributed by atoms with Crippen LogP contribution in [0, 0.1) is 0 Å². The molecule has 1 aromatic carbocycles. The number of thiophene rings is 1. The van der Waals surface area contributed by atoms with Crippen LogP contribution in [0.3, 0.4) is 0 Å². The molecule has 1 aromatic heterocycles. The van der Waals surface area contributed by atoms with Gasteiger partial charge in [0, 0.05) is 0 Å². The monoisotopic (exact) mass is 311 g/mol. The van der Waals surface area contributed by atoms with Crippen LogP contribution >= 0.6 is 11.3 Å². The number of hydrogen-bond acceptors (Lipinski definition) is 4. The minimum atomic E-state index is -3.68. The van der Waals surface area contributed by atoms with E-state index in [9.17, 15) is 13.2 Å². The van der Waals surface area contributed by atoms with Gasteiger partial charge in [0.25, 0.3) is 10.0 Å². The number of sulfonamides is 1. The number of carboxylic acid groups (broad SMARTS) is 1. The van der Waals surface area contributed by atoms with Gasteiger partial charge in [0.05, 0.1) is 4.90 Å². The van der Waals surface area contributed by atoms with E-state index in [-0.39, 0.29) is 14.8 Å². The first-order valence-electron chi connectivity index (χ1n) is 5.87. The first-order valence-corrected chi connectivity index (χ1v) is 8.17. The summed E-state index contributed by atoms with van der Waals surface area (Å²) in [5, 5.41) is 9.08. The molecule has 0 saturated carbocycles. The standard InChI is InChI=1S/C13H13NO4S2/c1-2-9-3-5-10(6-4-9)20(17,18)14-12-8-7-11(19-12)13(15)16/h3-8,14H,2H2,1H3,(H,15,16). The van der Waals surface area contributed by atoms with Crippen LogP contribution in [-0.4, -0.2) is 19.5 Å². The van der Waals surface area contributed by atoms with Crippen molar-refractivity contribution in [3.63, 3.8) is 0 Å². The summed E-state index contributed by atoms with van der Waals surface area (Å²) in [5.41, 5.74) is 1.05.